The summed E-state index contributed by atoms with van der Waals surface area (Å²) in [5.41, 5.74) is 16.1. The average Bonchev–Trinajstić information content (AvgIpc) is 3.76. The molecule has 3 nitrogen and oxygen atoms in total. The van der Waals surface area contributed by atoms with Gasteiger partial charge in [-0.05, 0) is 110 Å². The minimum absolute atomic E-state index is 0.0846. The fourth-order valence-electron chi connectivity index (χ4n) is 9.90. The summed E-state index contributed by atoms with van der Waals surface area (Å²) < 4.78 is 2.36. The summed E-state index contributed by atoms with van der Waals surface area (Å²) in [6, 6.07) is 72.3. The Labute approximate surface area is 348 Å². The Kier molecular flexibility index (Phi) is 7.58. The molecule has 3 heteroatoms. The van der Waals surface area contributed by atoms with Gasteiger partial charge < -0.3 is 4.57 Å². The van der Waals surface area contributed by atoms with Gasteiger partial charge in [0.1, 0.15) is 0 Å². The standard InChI is InChI=1S/C57H39N3/c1-57(2)49-31-28-39(33-47(49)48-32-37-18-9-10-19-38(37)34-50(48)57)41-29-30-44(43-23-12-11-22-42(41)43)56-58-51(36-16-5-3-6-17-36)35-52(59-56)45-25-15-27-54-55(45)46-24-13-14-26-53(46)60(54)40-20-7-4-8-21-40/h3-35H,1-2H3. The van der Waals surface area contributed by atoms with Crippen molar-refractivity contribution in [2.45, 2.75) is 19.3 Å². The largest absolute Gasteiger partial charge is 0.309 e. The molecule has 0 spiro atoms. The highest BCUT2D eigenvalue weighted by Crippen LogP contribution is 2.51. The lowest BCUT2D eigenvalue weighted by molar-refractivity contribution is 0.661. The molecule has 0 N–H and O–H groups in total. The molecule has 2 heterocycles. The molecule has 1 aliphatic carbocycles. The molecule has 0 aliphatic heterocycles. The molecular weight excluding hydrogens is 727 g/mol. The summed E-state index contributed by atoms with van der Waals surface area (Å²) in [4.78, 5) is 10.8. The zero-order chi connectivity index (χ0) is 40.0. The van der Waals surface area contributed by atoms with Crippen LogP contribution in [-0.2, 0) is 5.41 Å². The number of aromatic nitrogens is 3. The second-order valence-corrected chi connectivity index (χ2v) is 16.6. The van der Waals surface area contributed by atoms with E-state index in [0.29, 0.717) is 5.82 Å². The van der Waals surface area contributed by atoms with E-state index in [1.165, 1.54) is 60.3 Å². The van der Waals surface area contributed by atoms with Gasteiger partial charge in [0, 0.05) is 38.6 Å². The predicted molar refractivity (Wildman–Crippen MR) is 251 cm³/mol. The number of benzene rings is 9. The zero-order valence-electron chi connectivity index (χ0n) is 33.4. The predicted octanol–water partition coefficient (Wildman–Crippen LogP) is 14.9. The summed E-state index contributed by atoms with van der Waals surface area (Å²) in [7, 11) is 0. The molecule has 0 amide bonds. The highest BCUT2D eigenvalue weighted by atomic mass is 15.0. The van der Waals surface area contributed by atoms with Crippen LogP contribution in [0.5, 0.6) is 0 Å². The summed E-state index contributed by atoms with van der Waals surface area (Å²) >= 11 is 0. The number of nitrogens with zero attached hydrogens (tertiary/aromatic N) is 3. The van der Waals surface area contributed by atoms with Crippen LogP contribution >= 0.6 is 0 Å². The molecule has 2 aromatic heterocycles. The fraction of sp³-hybridized carbons (Fsp3) is 0.0526. The van der Waals surface area contributed by atoms with Gasteiger partial charge in [-0.2, -0.15) is 0 Å². The van der Waals surface area contributed by atoms with Gasteiger partial charge in [0.25, 0.3) is 0 Å². The third-order valence-corrected chi connectivity index (χ3v) is 12.8. The van der Waals surface area contributed by atoms with Crippen LogP contribution < -0.4 is 0 Å². The van der Waals surface area contributed by atoms with Gasteiger partial charge in [-0.15, -0.1) is 0 Å². The summed E-state index contributed by atoms with van der Waals surface area (Å²) in [6.45, 7) is 4.71. The highest BCUT2D eigenvalue weighted by molar-refractivity contribution is 6.16. The van der Waals surface area contributed by atoms with Crippen LogP contribution in [0.2, 0.25) is 0 Å². The molecular formula is C57H39N3. The second-order valence-electron chi connectivity index (χ2n) is 16.6. The third kappa shape index (κ3) is 5.22. The zero-order valence-corrected chi connectivity index (χ0v) is 33.4. The molecule has 1 aliphatic rings. The van der Waals surface area contributed by atoms with Gasteiger partial charge in [0.2, 0.25) is 0 Å². The van der Waals surface area contributed by atoms with Crippen LogP contribution in [0.4, 0.5) is 0 Å². The van der Waals surface area contributed by atoms with E-state index >= 15 is 0 Å². The van der Waals surface area contributed by atoms with Crippen LogP contribution in [0.3, 0.4) is 0 Å². The van der Waals surface area contributed by atoms with E-state index in [1.807, 2.05) is 0 Å². The Balaban J connectivity index is 1.05. The van der Waals surface area contributed by atoms with Gasteiger partial charge in [-0.1, -0.05) is 159 Å². The van der Waals surface area contributed by atoms with Gasteiger partial charge in [0.05, 0.1) is 22.4 Å². The highest BCUT2D eigenvalue weighted by Gasteiger charge is 2.36. The summed E-state index contributed by atoms with van der Waals surface area (Å²) in [5, 5.41) is 7.23. The Morgan fingerprint density at radius 1 is 0.383 bits per heavy atom. The minimum atomic E-state index is -0.0846. The van der Waals surface area contributed by atoms with E-state index in [-0.39, 0.29) is 5.41 Å². The Morgan fingerprint density at radius 3 is 1.80 bits per heavy atom. The van der Waals surface area contributed by atoms with Crippen LogP contribution in [0.1, 0.15) is 25.0 Å². The molecule has 60 heavy (non-hydrogen) atoms. The number of hydrogen-bond donors (Lipinski definition) is 0. The quantitative estimate of drug-likeness (QED) is 0.175. The molecule has 12 rings (SSSR count). The van der Waals surface area contributed by atoms with Crippen molar-refractivity contribution in [3.05, 3.63) is 211 Å². The van der Waals surface area contributed by atoms with Crippen LogP contribution in [0, 0.1) is 0 Å². The molecule has 0 radical (unpaired) electrons. The molecule has 0 atom stereocenters. The first-order chi connectivity index (χ1) is 29.5. The Morgan fingerprint density at radius 2 is 1.00 bits per heavy atom. The average molecular weight is 766 g/mol. The maximum absolute atomic E-state index is 5.48. The monoisotopic (exact) mass is 765 g/mol. The fourth-order valence-corrected chi connectivity index (χ4v) is 9.90. The van der Waals surface area contributed by atoms with Gasteiger partial charge in [-0.3, -0.25) is 0 Å². The Bertz CT molecular complexity index is 3500. The van der Waals surface area contributed by atoms with Crippen molar-refractivity contribution in [1.82, 2.24) is 14.5 Å². The molecule has 11 aromatic rings. The van der Waals surface area contributed by atoms with Crippen LogP contribution in [-0.4, -0.2) is 14.5 Å². The van der Waals surface area contributed by atoms with Crippen LogP contribution in [0.15, 0.2) is 200 Å². The maximum atomic E-state index is 5.48. The maximum Gasteiger partial charge on any atom is 0.161 e. The van der Waals surface area contributed by atoms with Crippen molar-refractivity contribution in [2.24, 2.45) is 0 Å². The number of rotatable bonds is 5. The molecule has 0 saturated carbocycles. The number of para-hydroxylation sites is 2. The molecule has 0 fully saturated rings. The summed E-state index contributed by atoms with van der Waals surface area (Å²) in [5.74, 6) is 0.703. The Hall–Kier alpha value is -7.62. The molecule has 9 aromatic carbocycles. The third-order valence-electron chi connectivity index (χ3n) is 12.8. The topological polar surface area (TPSA) is 30.7 Å². The first-order valence-corrected chi connectivity index (χ1v) is 20.7. The SMILES string of the molecule is CC1(C)c2ccc(-c3ccc(-c4nc(-c5ccccc5)cc(-c5cccc6c5c5ccccc5n6-c5ccccc5)n4)c4ccccc34)cc2-c2cc3ccccc3cc21. The normalized spacial score (nSPS) is 13.0. The number of fused-ring (bicyclic) bond motifs is 8. The minimum Gasteiger partial charge on any atom is -0.309 e. The molecule has 0 bridgehead atoms. The lowest BCUT2D eigenvalue weighted by atomic mass is 9.81. The van der Waals surface area contributed by atoms with Crippen LogP contribution in [0.25, 0.3) is 105 Å². The van der Waals surface area contributed by atoms with Gasteiger partial charge in [0.15, 0.2) is 5.82 Å². The van der Waals surface area contributed by atoms with E-state index in [1.54, 1.807) is 0 Å². The van der Waals surface area contributed by atoms with E-state index in [2.05, 4.69) is 219 Å². The second kappa shape index (κ2) is 13.2. The smallest absolute Gasteiger partial charge is 0.161 e. The lowest BCUT2D eigenvalue weighted by Gasteiger charge is -2.22. The number of hydrogen-bond acceptors (Lipinski definition) is 2. The van der Waals surface area contributed by atoms with E-state index in [4.69, 9.17) is 9.97 Å². The van der Waals surface area contributed by atoms with Gasteiger partial charge >= 0.3 is 0 Å². The summed E-state index contributed by atoms with van der Waals surface area (Å²) in [6.07, 6.45) is 0. The van der Waals surface area contributed by atoms with Crippen molar-refractivity contribution in [3.63, 3.8) is 0 Å². The van der Waals surface area contributed by atoms with E-state index < -0.39 is 0 Å². The molecule has 282 valence electrons. The van der Waals surface area contributed by atoms with E-state index in [0.717, 1.165) is 50.2 Å². The van der Waals surface area contributed by atoms with E-state index in [9.17, 15) is 0 Å². The molecule has 0 unspecified atom stereocenters. The van der Waals surface area contributed by atoms with Crippen molar-refractivity contribution in [3.8, 4) is 61.8 Å². The van der Waals surface area contributed by atoms with Gasteiger partial charge in [-0.25, -0.2) is 9.97 Å². The van der Waals surface area contributed by atoms with Crippen molar-refractivity contribution in [2.75, 3.05) is 0 Å². The first-order valence-electron chi connectivity index (χ1n) is 20.7. The van der Waals surface area contributed by atoms with Crippen molar-refractivity contribution >= 4 is 43.4 Å². The lowest BCUT2D eigenvalue weighted by Crippen LogP contribution is -2.14. The van der Waals surface area contributed by atoms with Crippen molar-refractivity contribution in [1.29, 1.82) is 0 Å². The van der Waals surface area contributed by atoms with Crippen molar-refractivity contribution < 1.29 is 0 Å². The first kappa shape index (κ1) is 34.4. The molecule has 0 saturated heterocycles.